The Hall–Kier alpha value is -2.51. The number of amides is 1. The van der Waals surface area contributed by atoms with E-state index < -0.39 is 0 Å². The van der Waals surface area contributed by atoms with E-state index in [1.54, 1.807) is 6.07 Å². The molecule has 7 heteroatoms. The number of thiazole rings is 1. The van der Waals surface area contributed by atoms with E-state index in [4.69, 9.17) is 0 Å². The third-order valence-corrected chi connectivity index (χ3v) is 5.63. The second-order valence-corrected chi connectivity index (χ2v) is 7.30. The van der Waals surface area contributed by atoms with Crippen molar-refractivity contribution >= 4 is 33.3 Å². The van der Waals surface area contributed by atoms with Crippen molar-refractivity contribution in [2.75, 3.05) is 18.4 Å². The Balaban J connectivity index is 1.63. The molecule has 0 fully saturated rings. The number of hydrogen-bond acceptors (Lipinski definition) is 4. The van der Waals surface area contributed by atoms with Gasteiger partial charge in [-0.15, -0.1) is 0 Å². The predicted octanol–water partition coefficient (Wildman–Crippen LogP) is 1.20. The summed E-state index contributed by atoms with van der Waals surface area (Å²) < 4.78 is 0. The van der Waals surface area contributed by atoms with Gasteiger partial charge in [0, 0.05) is 23.4 Å². The first-order valence-corrected chi connectivity index (χ1v) is 9.21. The Morgan fingerprint density at radius 1 is 1.40 bits per heavy atom. The van der Waals surface area contributed by atoms with E-state index in [0.29, 0.717) is 16.2 Å². The highest BCUT2D eigenvalue weighted by atomic mass is 32.1. The summed E-state index contributed by atoms with van der Waals surface area (Å²) in [4.78, 5) is 34.7. The van der Waals surface area contributed by atoms with Crippen LogP contribution in [0.1, 0.15) is 27.9 Å². The number of fused-ring (bicyclic) bond motifs is 2. The summed E-state index contributed by atoms with van der Waals surface area (Å²) in [7, 11) is 0. The molecule has 0 radical (unpaired) electrons. The van der Waals surface area contributed by atoms with Crippen molar-refractivity contribution in [1.82, 2.24) is 9.97 Å². The number of H-pyrrole nitrogens is 1. The first-order valence-electron chi connectivity index (χ1n) is 8.39. The van der Waals surface area contributed by atoms with Gasteiger partial charge in [-0.3, -0.25) is 14.9 Å². The summed E-state index contributed by atoms with van der Waals surface area (Å²) in [5.41, 5.74) is 1.83. The average molecular weight is 355 g/mol. The maximum Gasteiger partial charge on any atom is 0.258 e. The number of nitrogens with one attached hydrogen (secondary N) is 3. The van der Waals surface area contributed by atoms with Crippen LogP contribution >= 0.6 is 11.3 Å². The van der Waals surface area contributed by atoms with Crippen LogP contribution in [0, 0.1) is 0 Å². The van der Waals surface area contributed by atoms with Crippen LogP contribution in [0.2, 0.25) is 0 Å². The number of benzene rings is 1. The van der Waals surface area contributed by atoms with Gasteiger partial charge in [0.25, 0.3) is 5.91 Å². The summed E-state index contributed by atoms with van der Waals surface area (Å²) in [5.74, 6) is -0.298. The average Bonchev–Trinajstić information content (AvgIpc) is 3.01. The Kier molecular flexibility index (Phi) is 4.10. The van der Waals surface area contributed by atoms with Gasteiger partial charge in [0.1, 0.15) is 6.54 Å². The largest absolute Gasteiger partial charge is 0.330 e. The van der Waals surface area contributed by atoms with Gasteiger partial charge in [-0.1, -0.05) is 29.5 Å². The van der Waals surface area contributed by atoms with E-state index in [1.807, 2.05) is 18.2 Å². The molecule has 1 amide bonds. The Morgan fingerprint density at radius 2 is 2.24 bits per heavy atom. The van der Waals surface area contributed by atoms with Crippen LogP contribution in [0.25, 0.3) is 10.9 Å². The number of carbonyl (C=O) groups excluding carboxylic acids is 1. The number of hydrogen-bond donors (Lipinski definition) is 3. The highest BCUT2D eigenvalue weighted by molar-refractivity contribution is 7.15. The molecule has 1 aliphatic rings. The highest BCUT2D eigenvalue weighted by Gasteiger charge is 2.23. The van der Waals surface area contributed by atoms with Crippen molar-refractivity contribution in [3.05, 3.63) is 56.8 Å². The van der Waals surface area contributed by atoms with Crippen molar-refractivity contribution in [1.29, 1.82) is 0 Å². The molecular formula is C18H19N4O2S+. The Bertz CT molecular complexity index is 1010. The third kappa shape index (κ3) is 3.08. The van der Waals surface area contributed by atoms with Crippen molar-refractivity contribution in [3.63, 3.8) is 0 Å². The molecule has 25 heavy (non-hydrogen) atoms. The molecule has 1 unspecified atom stereocenters. The van der Waals surface area contributed by atoms with E-state index >= 15 is 0 Å². The minimum absolute atomic E-state index is 0.288. The molecule has 2 aromatic heterocycles. The van der Waals surface area contributed by atoms with E-state index in [2.05, 4.69) is 22.2 Å². The van der Waals surface area contributed by atoms with Crippen molar-refractivity contribution in [2.24, 2.45) is 0 Å². The molecule has 1 aromatic carbocycles. The van der Waals surface area contributed by atoms with Crippen molar-refractivity contribution in [3.8, 4) is 0 Å². The molecule has 3 aromatic rings. The third-order valence-electron chi connectivity index (χ3n) is 4.62. The zero-order valence-corrected chi connectivity index (χ0v) is 14.7. The summed E-state index contributed by atoms with van der Waals surface area (Å²) in [6.45, 7) is 5.33. The molecular weight excluding hydrogens is 336 g/mol. The number of anilines is 1. The minimum atomic E-state index is -0.298. The normalized spacial score (nSPS) is 16.6. The quantitative estimate of drug-likeness (QED) is 0.660. The summed E-state index contributed by atoms with van der Waals surface area (Å²) in [5, 5.41) is 4.21. The molecule has 0 aliphatic carbocycles. The molecule has 1 atom stereocenters. The fourth-order valence-corrected chi connectivity index (χ4v) is 4.31. The number of quaternary nitrogens is 1. The number of likely N-dealkylation sites (N-methyl/N-ethyl adjacent to an activating group) is 1. The first-order chi connectivity index (χ1) is 12.1. The molecule has 1 aliphatic heterocycles. The van der Waals surface area contributed by atoms with Gasteiger partial charge in [0.15, 0.2) is 5.13 Å². The lowest BCUT2D eigenvalue weighted by molar-refractivity contribution is -0.913. The monoisotopic (exact) mass is 355 g/mol. The maximum atomic E-state index is 12.7. The standard InChI is InChI=1S/C18H18N4O2S/c1-2-22-8-7-14-15(10-22)25-18(20-14)21-17(24)12-9-16(23)19-13-6-4-3-5-11(12)13/h3-6,9H,2,7-8,10H2,1H3,(H,19,23)(H,20,21,24)/p+1. The summed E-state index contributed by atoms with van der Waals surface area (Å²) in [6.07, 6.45) is 0.943. The van der Waals surface area contributed by atoms with Crippen LogP contribution in [0.4, 0.5) is 5.13 Å². The fraction of sp³-hybridized carbons (Fsp3) is 0.278. The van der Waals surface area contributed by atoms with E-state index in [-0.39, 0.29) is 11.5 Å². The molecule has 6 nitrogen and oxygen atoms in total. The van der Waals surface area contributed by atoms with Gasteiger partial charge in [-0.2, -0.15) is 0 Å². The van der Waals surface area contributed by atoms with E-state index in [0.717, 1.165) is 37.1 Å². The number of aromatic nitrogens is 2. The van der Waals surface area contributed by atoms with Crippen LogP contribution in [0.3, 0.4) is 0 Å². The minimum Gasteiger partial charge on any atom is -0.330 e. The van der Waals surface area contributed by atoms with Crippen LogP contribution in [-0.4, -0.2) is 29.0 Å². The lowest BCUT2D eigenvalue weighted by Crippen LogP contribution is -3.11. The lowest BCUT2D eigenvalue weighted by atomic mass is 10.1. The van der Waals surface area contributed by atoms with E-state index in [1.165, 1.54) is 27.2 Å². The second-order valence-electron chi connectivity index (χ2n) is 6.22. The number of para-hydroxylation sites is 1. The maximum absolute atomic E-state index is 12.7. The summed E-state index contributed by atoms with van der Waals surface area (Å²) in [6, 6.07) is 8.64. The van der Waals surface area contributed by atoms with Crippen LogP contribution in [-0.2, 0) is 13.0 Å². The fourth-order valence-electron chi connectivity index (χ4n) is 3.24. The zero-order chi connectivity index (χ0) is 17.4. The molecule has 0 saturated heterocycles. The van der Waals surface area contributed by atoms with Gasteiger partial charge < -0.3 is 9.88 Å². The molecule has 4 rings (SSSR count). The van der Waals surface area contributed by atoms with E-state index in [9.17, 15) is 9.59 Å². The van der Waals surface area contributed by atoms with Gasteiger partial charge in [-0.25, -0.2) is 4.98 Å². The number of carbonyl (C=O) groups is 1. The molecule has 0 saturated carbocycles. The Labute approximate surface area is 148 Å². The SMILES string of the molecule is CC[NH+]1CCc2nc(NC(=O)c3cc(=O)[nH]c4ccccc34)sc2C1. The van der Waals surface area contributed by atoms with Crippen molar-refractivity contribution in [2.45, 2.75) is 19.9 Å². The summed E-state index contributed by atoms with van der Waals surface area (Å²) >= 11 is 1.54. The van der Waals surface area contributed by atoms with Crippen LogP contribution in [0.15, 0.2) is 35.1 Å². The molecule has 0 bridgehead atoms. The number of pyridine rings is 1. The number of rotatable bonds is 3. The van der Waals surface area contributed by atoms with Gasteiger partial charge >= 0.3 is 0 Å². The molecule has 128 valence electrons. The van der Waals surface area contributed by atoms with Gasteiger partial charge in [0.05, 0.1) is 29.2 Å². The number of nitrogens with zero attached hydrogens (tertiary/aromatic N) is 1. The highest BCUT2D eigenvalue weighted by Crippen LogP contribution is 2.25. The number of aromatic amines is 1. The Morgan fingerprint density at radius 3 is 3.08 bits per heavy atom. The predicted molar refractivity (Wildman–Crippen MR) is 98.4 cm³/mol. The van der Waals surface area contributed by atoms with Crippen molar-refractivity contribution < 1.29 is 9.69 Å². The second kappa shape index (κ2) is 6.42. The smallest absolute Gasteiger partial charge is 0.258 e. The van der Waals surface area contributed by atoms with Gasteiger partial charge in [0.2, 0.25) is 5.56 Å². The first kappa shape index (κ1) is 16.0. The molecule has 0 spiro atoms. The lowest BCUT2D eigenvalue weighted by Gasteiger charge is -2.20. The van der Waals surface area contributed by atoms with Gasteiger partial charge in [-0.05, 0) is 13.0 Å². The molecule has 3 N–H and O–H groups in total. The van der Waals surface area contributed by atoms with Crippen LogP contribution in [0.5, 0.6) is 0 Å². The topological polar surface area (TPSA) is 79.3 Å². The molecule has 3 heterocycles. The van der Waals surface area contributed by atoms with Crippen LogP contribution < -0.4 is 15.8 Å². The zero-order valence-electron chi connectivity index (χ0n) is 13.9.